The molecule has 0 aliphatic heterocycles. The summed E-state index contributed by atoms with van der Waals surface area (Å²) >= 11 is 0. The minimum Gasteiger partial charge on any atom is -0.394 e. The highest BCUT2D eigenvalue weighted by atomic mass is 32.3. The van der Waals surface area contributed by atoms with E-state index in [0.29, 0.717) is 32.1 Å². The zero-order valence-electron chi connectivity index (χ0n) is 24.3. The molecule has 10 nitrogen and oxygen atoms in total. The molecule has 0 aromatic rings. The molecule has 0 radical (unpaired) electrons. The average molecular weight is 591 g/mol. The Hall–Kier alpha value is -0.630. The molecule has 4 fully saturated rings. The van der Waals surface area contributed by atoms with Gasteiger partial charge in [-0.15, -0.1) is 0 Å². The van der Waals surface area contributed by atoms with Crippen LogP contribution in [0.2, 0.25) is 0 Å². The van der Waals surface area contributed by atoms with Gasteiger partial charge in [-0.3, -0.25) is 4.55 Å². The van der Waals surface area contributed by atoms with Crippen molar-refractivity contribution >= 4 is 10.4 Å². The van der Waals surface area contributed by atoms with Crippen molar-refractivity contribution in [1.82, 2.24) is 0 Å². The lowest BCUT2D eigenvalue weighted by Gasteiger charge is -2.68. The van der Waals surface area contributed by atoms with Gasteiger partial charge in [0.05, 0.1) is 36.1 Å². The third-order valence-corrected chi connectivity index (χ3v) is 12.3. The molecule has 0 spiro atoms. The Morgan fingerprint density at radius 3 is 2.23 bits per heavy atom. The van der Waals surface area contributed by atoms with Gasteiger partial charge in [-0.25, -0.2) is 4.18 Å². The predicted molar refractivity (Wildman–Crippen MR) is 147 cm³/mol. The van der Waals surface area contributed by atoms with Crippen molar-refractivity contribution < 1.29 is 47.8 Å². The summed E-state index contributed by atoms with van der Waals surface area (Å²) in [7, 11) is -4.75. The highest BCUT2D eigenvalue weighted by Gasteiger charge is 2.74. The van der Waals surface area contributed by atoms with Gasteiger partial charge in [0.2, 0.25) is 0 Å². The molecule has 4 rings (SSSR count). The van der Waals surface area contributed by atoms with E-state index in [4.69, 9.17) is 8.74 Å². The van der Waals surface area contributed by atoms with Crippen molar-refractivity contribution in [2.45, 2.75) is 115 Å². The first-order chi connectivity index (χ1) is 18.3. The Morgan fingerprint density at radius 2 is 1.65 bits per heavy atom. The fraction of sp³-hybridized carbons (Fsp3) is 0.931. The molecule has 0 amide bonds. The first-order valence-electron chi connectivity index (χ1n) is 14.8. The minimum absolute atomic E-state index is 0.0319. The molecule has 232 valence electrons. The summed E-state index contributed by atoms with van der Waals surface area (Å²) in [6.07, 6.45) is 2.60. The first kappa shape index (κ1) is 32.3. The summed E-state index contributed by atoms with van der Waals surface area (Å²) < 4.78 is 36.6. The number of hydrogen-bond donors (Lipinski definition) is 7. The van der Waals surface area contributed by atoms with Crippen LogP contribution in [0.15, 0.2) is 12.2 Å². The van der Waals surface area contributed by atoms with Crippen LogP contribution in [0.5, 0.6) is 0 Å². The second kappa shape index (κ2) is 10.8. The molecule has 11 heteroatoms. The van der Waals surface area contributed by atoms with Crippen LogP contribution >= 0.6 is 0 Å². The molecule has 7 N–H and O–H groups in total. The summed E-state index contributed by atoms with van der Waals surface area (Å²) in [5.74, 6) is -1.58. The zero-order chi connectivity index (χ0) is 30.1. The molecule has 0 bridgehead atoms. The third-order valence-electron chi connectivity index (χ3n) is 11.8. The molecule has 40 heavy (non-hydrogen) atoms. The van der Waals surface area contributed by atoms with Gasteiger partial charge in [-0.1, -0.05) is 46.8 Å². The van der Waals surface area contributed by atoms with E-state index in [1.54, 1.807) is 0 Å². The molecule has 0 saturated heterocycles. The van der Waals surface area contributed by atoms with Crippen molar-refractivity contribution in [2.24, 2.45) is 46.3 Å². The van der Waals surface area contributed by atoms with Crippen LogP contribution in [0.3, 0.4) is 0 Å². The van der Waals surface area contributed by atoms with Crippen molar-refractivity contribution in [1.29, 1.82) is 0 Å². The maximum atomic E-state index is 12.4. The van der Waals surface area contributed by atoms with Gasteiger partial charge in [0.1, 0.15) is 6.10 Å². The fourth-order valence-electron chi connectivity index (χ4n) is 9.89. The minimum atomic E-state index is -4.75. The van der Waals surface area contributed by atoms with Crippen molar-refractivity contribution in [3.63, 3.8) is 0 Å². The summed E-state index contributed by atoms with van der Waals surface area (Å²) in [5.41, 5.74) is -4.17. The quantitative estimate of drug-likeness (QED) is 0.162. The van der Waals surface area contributed by atoms with Crippen LogP contribution in [-0.2, 0) is 14.6 Å². The Kier molecular flexibility index (Phi) is 8.73. The topological polar surface area (TPSA) is 185 Å². The standard InChI is InChI=1S/C29H50O10S/c1-16(2)19(22(15-30)39-40(36,37)38)7-6-17(3)20-12-21(32)25-26(20,4)10-9-23-27(5)11-8-18(31)13-29(27,35)24(33)14-28(23,25)34/h6-7,16-25,30-35H,8-15H2,1-5H3,(H,36,37,38)/b7-6+/t17-,18+,19?,20-,21?,22?,23?,24-,25?,26-,27-,28+,29+/m1/s1. The van der Waals surface area contributed by atoms with E-state index < -0.39 is 75.3 Å². The van der Waals surface area contributed by atoms with Crippen LogP contribution in [0.1, 0.15) is 79.6 Å². The molecular weight excluding hydrogens is 540 g/mol. The maximum Gasteiger partial charge on any atom is 0.397 e. The van der Waals surface area contributed by atoms with Gasteiger partial charge < -0.3 is 30.6 Å². The summed E-state index contributed by atoms with van der Waals surface area (Å²) in [6, 6.07) is 0. The number of aliphatic hydroxyl groups excluding tert-OH is 4. The number of allylic oxidation sites excluding steroid dienone is 1. The number of fused-ring (bicyclic) bond motifs is 5. The molecule has 5 unspecified atom stereocenters. The Labute approximate surface area is 238 Å². The van der Waals surface area contributed by atoms with Crippen molar-refractivity contribution in [3.05, 3.63) is 12.2 Å². The lowest BCUT2D eigenvalue weighted by atomic mass is 9.40. The van der Waals surface area contributed by atoms with Crippen LogP contribution in [-0.4, -0.2) is 85.8 Å². The Morgan fingerprint density at radius 1 is 1.00 bits per heavy atom. The van der Waals surface area contributed by atoms with E-state index in [0.717, 1.165) is 0 Å². The number of hydrogen-bond acceptors (Lipinski definition) is 9. The lowest BCUT2D eigenvalue weighted by Crippen LogP contribution is -2.75. The predicted octanol–water partition coefficient (Wildman–Crippen LogP) is 1.82. The third kappa shape index (κ3) is 5.11. The monoisotopic (exact) mass is 590 g/mol. The Balaban J connectivity index is 1.62. The smallest absolute Gasteiger partial charge is 0.394 e. The highest BCUT2D eigenvalue weighted by molar-refractivity contribution is 7.80. The maximum absolute atomic E-state index is 12.4. The highest BCUT2D eigenvalue weighted by Crippen LogP contribution is 2.70. The van der Waals surface area contributed by atoms with Gasteiger partial charge >= 0.3 is 10.4 Å². The van der Waals surface area contributed by atoms with E-state index in [9.17, 15) is 39.1 Å². The largest absolute Gasteiger partial charge is 0.397 e. The van der Waals surface area contributed by atoms with Gasteiger partial charge in [-0.05, 0) is 61.2 Å². The van der Waals surface area contributed by atoms with Gasteiger partial charge in [0.25, 0.3) is 0 Å². The zero-order valence-corrected chi connectivity index (χ0v) is 25.2. The molecule has 0 aromatic heterocycles. The molecular formula is C29H50O10S. The molecule has 4 aliphatic carbocycles. The SMILES string of the molecule is CC(C)C(/C=C/[C@@H](C)[C@H]1CC(O)C2[C@]3(O)C[C@@H](O)[C@@]4(O)C[C@@H](O)CC[C@]4(C)C3CC[C@@]21C)C(CO)OS(=O)(=O)O. The molecule has 4 aliphatic rings. The van der Waals surface area contributed by atoms with Crippen molar-refractivity contribution in [3.8, 4) is 0 Å². The summed E-state index contributed by atoms with van der Waals surface area (Å²) in [6.45, 7) is 9.16. The Bertz CT molecular complexity index is 1070. The van der Waals surface area contributed by atoms with Crippen LogP contribution < -0.4 is 0 Å². The average Bonchev–Trinajstić information content (AvgIpc) is 3.10. The number of aliphatic hydroxyl groups is 6. The molecule has 4 saturated carbocycles. The summed E-state index contributed by atoms with van der Waals surface area (Å²) in [5, 5.41) is 66.9. The second-order valence-electron chi connectivity index (χ2n) is 14.2. The van der Waals surface area contributed by atoms with E-state index in [1.165, 1.54) is 0 Å². The van der Waals surface area contributed by atoms with Gasteiger partial charge in [0.15, 0.2) is 0 Å². The van der Waals surface area contributed by atoms with Gasteiger partial charge in [-0.2, -0.15) is 8.42 Å². The number of rotatable bonds is 8. The van der Waals surface area contributed by atoms with E-state index in [2.05, 4.69) is 6.92 Å². The summed E-state index contributed by atoms with van der Waals surface area (Å²) in [4.78, 5) is 0. The van der Waals surface area contributed by atoms with Crippen LogP contribution in [0.4, 0.5) is 0 Å². The molecule has 0 aromatic carbocycles. The second-order valence-corrected chi connectivity index (χ2v) is 15.3. The van der Waals surface area contributed by atoms with Gasteiger partial charge in [0, 0.05) is 30.1 Å². The molecule has 0 heterocycles. The lowest BCUT2D eigenvalue weighted by molar-refractivity contribution is -0.315. The van der Waals surface area contributed by atoms with Crippen LogP contribution in [0, 0.1) is 46.3 Å². The fourth-order valence-corrected chi connectivity index (χ4v) is 10.4. The molecule has 13 atom stereocenters. The van der Waals surface area contributed by atoms with Crippen molar-refractivity contribution in [2.75, 3.05) is 6.61 Å². The van der Waals surface area contributed by atoms with E-state index in [1.807, 2.05) is 39.8 Å². The van der Waals surface area contributed by atoms with E-state index >= 15 is 0 Å². The normalized spacial score (nSPS) is 47.9. The van der Waals surface area contributed by atoms with Crippen LogP contribution in [0.25, 0.3) is 0 Å². The first-order valence-corrected chi connectivity index (χ1v) is 16.1. The van der Waals surface area contributed by atoms with E-state index in [-0.39, 0.29) is 36.5 Å².